The smallest absolute Gasteiger partial charge is 0.404 e. The summed E-state index contributed by atoms with van der Waals surface area (Å²) in [5.74, 6) is -0.426. The first kappa shape index (κ1) is 21.4. The predicted molar refractivity (Wildman–Crippen MR) is 99.4 cm³/mol. The highest BCUT2D eigenvalue weighted by Crippen LogP contribution is 2.10. The summed E-state index contributed by atoms with van der Waals surface area (Å²) in [7, 11) is 0. The minimum absolute atomic E-state index is 0.0685. The van der Waals surface area contributed by atoms with Gasteiger partial charge in [0, 0.05) is 11.7 Å². The van der Waals surface area contributed by atoms with Gasteiger partial charge in [-0.05, 0) is 23.6 Å². The van der Waals surface area contributed by atoms with E-state index in [0.717, 1.165) is 5.56 Å². The molecule has 0 radical (unpaired) electrons. The Labute approximate surface area is 153 Å². The number of hydrogen-bond acceptors (Lipinski definition) is 5. The van der Waals surface area contributed by atoms with E-state index < -0.39 is 6.09 Å². The molecule has 0 saturated heterocycles. The van der Waals surface area contributed by atoms with Gasteiger partial charge in [-0.3, -0.25) is 9.59 Å². The van der Waals surface area contributed by atoms with Gasteiger partial charge in [0.25, 0.3) is 0 Å². The van der Waals surface area contributed by atoms with Gasteiger partial charge < -0.3 is 26.4 Å². The zero-order valence-corrected chi connectivity index (χ0v) is 15.7. The molecule has 5 N–H and O–H groups in total. The molecule has 1 rings (SSSR count). The third kappa shape index (κ3) is 7.98. The molecular weight excluding hydrogens is 336 g/mol. The Bertz CT molecular complexity index is 614. The zero-order valence-electron chi connectivity index (χ0n) is 15.7. The molecule has 0 spiro atoms. The van der Waals surface area contributed by atoms with Gasteiger partial charge in [0.1, 0.15) is 6.61 Å². The summed E-state index contributed by atoms with van der Waals surface area (Å²) in [5.41, 5.74) is 6.22. The number of anilines is 1. The number of nitrogens with two attached hydrogens (primary N) is 1. The summed E-state index contributed by atoms with van der Waals surface area (Å²) in [6.45, 7) is 7.78. The highest BCUT2D eigenvalue weighted by Gasteiger charge is 2.22. The molecule has 0 bridgehead atoms. The Morgan fingerprint density at radius 2 is 1.69 bits per heavy atom. The lowest BCUT2D eigenvalue weighted by Crippen LogP contribution is -2.51. The normalized spacial score (nSPS) is 11.9. The minimum atomic E-state index is -0.843. The van der Waals surface area contributed by atoms with Gasteiger partial charge in [0.2, 0.25) is 11.8 Å². The van der Waals surface area contributed by atoms with E-state index in [-0.39, 0.29) is 43.0 Å². The van der Waals surface area contributed by atoms with Crippen LogP contribution in [-0.2, 0) is 20.9 Å². The van der Waals surface area contributed by atoms with Crippen molar-refractivity contribution in [2.24, 2.45) is 11.7 Å². The van der Waals surface area contributed by atoms with E-state index in [1.807, 2.05) is 27.7 Å². The molecule has 1 unspecified atom stereocenters. The quantitative estimate of drug-likeness (QED) is 0.527. The average Bonchev–Trinajstić information content (AvgIpc) is 2.56. The van der Waals surface area contributed by atoms with Crippen molar-refractivity contribution in [1.82, 2.24) is 10.6 Å². The molecule has 8 heteroatoms. The molecule has 0 heterocycles. The first-order valence-electron chi connectivity index (χ1n) is 8.53. The van der Waals surface area contributed by atoms with Gasteiger partial charge in [-0.2, -0.15) is 0 Å². The SMILES string of the molecule is CC(C)NC(C(=O)NCC(=O)Nc1ccc(COC(N)=O)cc1)C(C)C. The molecule has 0 saturated carbocycles. The number of primary amides is 1. The van der Waals surface area contributed by atoms with E-state index in [1.165, 1.54) is 0 Å². The summed E-state index contributed by atoms with van der Waals surface area (Å²) >= 11 is 0. The molecular formula is C18H28N4O4. The molecule has 1 aromatic rings. The fraction of sp³-hybridized carbons (Fsp3) is 0.500. The van der Waals surface area contributed by atoms with Crippen molar-refractivity contribution in [3.8, 4) is 0 Å². The van der Waals surface area contributed by atoms with E-state index in [4.69, 9.17) is 5.73 Å². The van der Waals surface area contributed by atoms with Crippen LogP contribution in [0.5, 0.6) is 0 Å². The van der Waals surface area contributed by atoms with Crippen LogP contribution in [0.4, 0.5) is 10.5 Å². The van der Waals surface area contributed by atoms with Crippen LogP contribution in [-0.4, -0.2) is 36.5 Å². The largest absolute Gasteiger partial charge is 0.445 e. The van der Waals surface area contributed by atoms with Crippen LogP contribution in [0, 0.1) is 5.92 Å². The van der Waals surface area contributed by atoms with Crippen LogP contribution >= 0.6 is 0 Å². The van der Waals surface area contributed by atoms with Crippen molar-refractivity contribution in [2.45, 2.75) is 46.4 Å². The fourth-order valence-electron chi connectivity index (χ4n) is 2.25. The van der Waals surface area contributed by atoms with Crippen LogP contribution in [0.3, 0.4) is 0 Å². The lowest BCUT2D eigenvalue weighted by Gasteiger charge is -2.23. The average molecular weight is 364 g/mol. The van der Waals surface area contributed by atoms with E-state index >= 15 is 0 Å². The summed E-state index contributed by atoms with van der Waals surface area (Å²) in [5, 5.41) is 8.53. The van der Waals surface area contributed by atoms with Crippen LogP contribution < -0.4 is 21.7 Å². The van der Waals surface area contributed by atoms with Crippen molar-refractivity contribution >= 4 is 23.6 Å². The van der Waals surface area contributed by atoms with Crippen molar-refractivity contribution in [2.75, 3.05) is 11.9 Å². The third-order valence-electron chi connectivity index (χ3n) is 3.50. The van der Waals surface area contributed by atoms with E-state index in [1.54, 1.807) is 24.3 Å². The second-order valence-electron chi connectivity index (χ2n) is 6.61. The van der Waals surface area contributed by atoms with Gasteiger partial charge in [-0.1, -0.05) is 39.8 Å². The molecule has 0 fully saturated rings. The van der Waals surface area contributed by atoms with E-state index in [2.05, 4.69) is 20.7 Å². The van der Waals surface area contributed by atoms with Gasteiger partial charge >= 0.3 is 6.09 Å². The van der Waals surface area contributed by atoms with Gasteiger partial charge in [0.15, 0.2) is 0 Å². The Hall–Kier alpha value is -2.61. The molecule has 8 nitrogen and oxygen atoms in total. The van der Waals surface area contributed by atoms with Crippen molar-refractivity contribution in [3.05, 3.63) is 29.8 Å². The van der Waals surface area contributed by atoms with E-state index in [0.29, 0.717) is 5.69 Å². The van der Waals surface area contributed by atoms with Crippen molar-refractivity contribution < 1.29 is 19.1 Å². The second-order valence-corrected chi connectivity index (χ2v) is 6.61. The Morgan fingerprint density at radius 1 is 1.08 bits per heavy atom. The lowest BCUT2D eigenvalue weighted by atomic mass is 10.0. The van der Waals surface area contributed by atoms with Crippen LogP contribution in [0.2, 0.25) is 0 Å². The molecule has 1 aromatic carbocycles. The highest BCUT2D eigenvalue weighted by molar-refractivity contribution is 5.95. The highest BCUT2D eigenvalue weighted by atomic mass is 16.5. The summed E-state index contributed by atoms with van der Waals surface area (Å²) in [6.07, 6.45) is -0.843. The maximum atomic E-state index is 12.2. The number of amides is 3. The topological polar surface area (TPSA) is 123 Å². The summed E-state index contributed by atoms with van der Waals surface area (Å²) < 4.78 is 4.68. The maximum absolute atomic E-state index is 12.2. The predicted octanol–water partition coefficient (Wildman–Crippen LogP) is 1.36. The molecule has 0 aliphatic carbocycles. The fourth-order valence-corrected chi connectivity index (χ4v) is 2.25. The Balaban J connectivity index is 2.48. The number of nitrogens with one attached hydrogen (secondary N) is 3. The zero-order chi connectivity index (χ0) is 19.7. The maximum Gasteiger partial charge on any atom is 0.404 e. The first-order chi connectivity index (χ1) is 12.2. The summed E-state index contributed by atoms with van der Waals surface area (Å²) in [6, 6.07) is 6.58. The number of benzene rings is 1. The second kappa shape index (κ2) is 10.4. The molecule has 26 heavy (non-hydrogen) atoms. The molecule has 1 atom stereocenters. The Morgan fingerprint density at radius 3 is 2.19 bits per heavy atom. The van der Waals surface area contributed by atoms with Crippen molar-refractivity contribution in [1.29, 1.82) is 0 Å². The number of carbonyl (C=O) groups is 3. The molecule has 0 aromatic heterocycles. The van der Waals surface area contributed by atoms with Crippen LogP contribution in [0.1, 0.15) is 33.3 Å². The molecule has 0 aliphatic heterocycles. The lowest BCUT2D eigenvalue weighted by molar-refractivity contribution is -0.126. The monoisotopic (exact) mass is 364 g/mol. The molecule has 3 amide bonds. The van der Waals surface area contributed by atoms with Crippen LogP contribution in [0.25, 0.3) is 0 Å². The van der Waals surface area contributed by atoms with Gasteiger partial charge in [-0.25, -0.2) is 4.79 Å². The number of hydrogen-bond donors (Lipinski definition) is 4. The number of ether oxygens (including phenoxy) is 1. The first-order valence-corrected chi connectivity index (χ1v) is 8.53. The number of rotatable bonds is 9. The molecule has 144 valence electrons. The van der Waals surface area contributed by atoms with E-state index in [9.17, 15) is 14.4 Å². The standard InChI is InChI=1S/C18H28N4O4/c1-11(2)16(21-12(3)4)17(24)20-9-15(23)22-14-7-5-13(6-8-14)10-26-18(19)25/h5-8,11-12,16,21H,9-10H2,1-4H3,(H2,19,25)(H,20,24)(H,22,23). The van der Waals surface area contributed by atoms with Crippen molar-refractivity contribution in [3.63, 3.8) is 0 Å². The summed E-state index contributed by atoms with van der Waals surface area (Å²) in [4.78, 5) is 34.8. The minimum Gasteiger partial charge on any atom is -0.445 e. The number of carbonyl (C=O) groups excluding carboxylic acids is 3. The van der Waals surface area contributed by atoms with Crippen LogP contribution in [0.15, 0.2) is 24.3 Å². The third-order valence-corrected chi connectivity index (χ3v) is 3.50. The van der Waals surface area contributed by atoms with Gasteiger partial charge in [-0.15, -0.1) is 0 Å². The Kier molecular flexibility index (Phi) is 8.57. The molecule has 0 aliphatic rings. The van der Waals surface area contributed by atoms with Gasteiger partial charge in [0.05, 0.1) is 12.6 Å².